The number of carbonyl (C=O) groups is 1. The molecular weight excluding hydrogens is 621 g/mol. The van der Waals surface area contributed by atoms with Crippen LogP contribution in [-0.2, 0) is 4.79 Å². The maximum atomic E-state index is 16.8. The van der Waals surface area contributed by atoms with Gasteiger partial charge in [0.2, 0.25) is 5.91 Å². The molecule has 0 saturated carbocycles. The number of likely N-dealkylation sites (N-methyl/N-ethyl adjacent to an activating group) is 1. The summed E-state index contributed by atoms with van der Waals surface area (Å²) in [5, 5.41) is 11.4. The highest BCUT2D eigenvalue weighted by molar-refractivity contribution is 6.03. The molecule has 7 rings (SSSR count). The van der Waals surface area contributed by atoms with Gasteiger partial charge in [0.05, 0.1) is 16.5 Å². The number of carbonyl (C=O) groups excluding carboxylic acids is 1. The van der Waals surface area contributed by atoms with Crippen molar-refractivity contribution >= 4 is 33.4 Å². The first-order chi connectivity index (χ1) is 23.1. The number of pyridine rings is 1. The van der Waals surface area contributed by atoms with Crippen LogP contribution in [0, 0.1) is 24.0 Å². The summed E-state index contributed by atoms with van der Waals surface area (Å²) in [6, 6.07) is 5.13. The number of alkyl halides is 1. The van der Waals surface area contributed by atoms with E-state index in [1.54, 1.807) is 11.9 Å². The lowest BCUT2D eigenvalue weighted by atomic mass is 9.95. The lowest BCUT2D eigenvalue weighted by Gasteiger charge is -2.31. The minimum absolute atomic E-state index is 0.0887. The Kier molecular flexibility index (Phi) is 8.11. The molecule has 0 aliphatic carbocycles. The van der Waals surface area contributed by atoms with Crippen LogP contribution in [0.15, 0.2) is 43.1 Å². The van der Waals surface area contributed by atoms with E-state index in [9.17, 15) is 18.7 Å². The Hall–Kier alpha value is -4.89. The van der Waals surface area contributed by atoms with Crippen LogP contribution >= 0.6 is 0 Å². The predicted octanol–water partition coefficient (Wildman–Crippen LogP) is 5.38. The number of aromatic hydroxyl groups is 1. The number of hydrogen-bond donors (Lipinski definition) is 1. The van der Waals surface area contributed by atoms with Crippen molar-refractivity contribution in [1.29, 1.82) is 0 Å². The molecule has 5 heterocycles. The van der Waals surface area contributed by atoms with E-state index >= 15 is 4.39 Å². The molecule has 12 heteroatoms. The van der Waals surface area contributed by atoms with Crippen molar-refractivity contribution < 1.29 is 27.8 Å². The van der Waals surface area contributed by atoms with Gasteiger partial charge < -0.3 is 19.6 Å². The van der Waals surface area contributed by atoms with Crippen LogP contribution in [0.1, 0.15) is 37.7 Å². The van der Waals surface area contributed by atoms with Crippen LogP contribution < -0.4 is 9.64 Å². The molecule has 3 atom stereocenters. The van der Waals surface area contributed by atoms with Crippen molar-refractivity contribution in [2.45, 2.75) is 49.9 Å². The van der Waals surface area contributed by atoms with Gasteiger partial charge in [-0.25, -0.2) is 13.2 Å². The van der Waals surface area contributed by atoms with E-state index in [2.05, 4.69) is 27.4 Å². The van der Waals surface area contributed by atoms with Crippen molar-refractivity contribution in [3.63, 3.8) is 0 Å². The van der Waals surface area contributed by atoms with Crippen molar-refractivity contribution in [3.8, 4) is 35.4 Å². The van der Waals surface area contributed by atoms with Crippen LogP contribution in [0.3, 0.4) is 0 Å². The molecule has 4 aromatic rings. The number of phenols is 1. The van der Waals surface area contributed by atoms with E-state index < -0.39 is 23.3 Å². The van der Waals surface area contributed by atoms with E-state index in [0.29, 0.717) is 37.3 Å². The summed E-state index contributed by atoms with van der Waals surface area (Å²) in [5.41, 5.74) is -0.786. The van der Waals surface area contributed by atoms with Gasteiger partial charge in [-0.05, 0) is 61.9 Å². The third-order valence-corrected chi connectivity index (χ3v) is 10.0. The third kappa shape index (κ3) is 5.36. The number of ether oxygens (including phenoxy) is 1. The summed E-state index contributed by atoms with van der Waals surface area (Å²) in [7, 11) is 1.79. The van der Waals surface area contributed by atoms with E-state index in [1.165, 1.54) is 36.5 Å². The minimum Gasteiger partial charge on any atom is -0.508 e. The van der Waals surface area contributed by atoms with Gasteiger partial charge in [-0.3, -0.25) is 14.7 Å². The SMILES string of the molecule is C#Cc1c(F)ccc2cc(O)cc(-c3ncc4c(N(C)C[C@@H]5CCCN5C(=O)C=C)nc(OC[C@@]56CCCN5C[C@H](F)C6)nc4c3F)c12. The monoisotopic (exact) mass is 656 g/mol. The number of nitrogens with zero attached hydrogens (tertiary/aromatic N) is 6. The molecule has 3 saturated heterocycles. The van der Waals surface area contributed by atoms with Gasteiger partial charge in [0.15, 0.2) is 5.82 Å². The lowest BCUT2D eigenvalue weighted by molar-refractivity contribution is -0.126. The number of benzene rings is 2. The van der Waals surface area contributed by atoms with Crippen LogP contribution in [-0.4, -0.2) is 93.4 Å². The molecule has 2 aromatic carbocycles. The van der Waals surface area contributed by atoms with Crippen LogP contribution in [0.4, 0.5) is 19.0 Å². The predicted molar refractivity (Wildman–Crippen MR) is 177 cm³/mol. The first-order valence-corrected chi connectivity index (χ1v) is 16.1. The zero-order valence-corrected chi connectivity index (χ0v) is 26.6. The average Bonchev–Trinajstić information content (AvgIpc) is 3.77. The van der Waals surface area contributed by atoms with Crippen LogP contribution in [0.25, 0.3) is 32.9 Å². The maximum absolute atomic E-state index is 16.8. The quantitative estimate of drug-likeness (QED) is 0.200. The van der Waals surface area contributed by atoms with Gasteiger partial charge in [-0.1, -0.05) is 18.6 Å². The molecule has 0 bridgehead atoms. The highest BCUT2D eigenvalue weighted by atomic mass is 19.1. The van der Waals surface area contributed by atoms with E-state index in [0.717, 1.165) is 32.2 Å². The summed E-state index contributed by atoms with van der Waals surface area (Å²) < 4.78 is 52.4. The molecule has 3 aliphatic heterocycles. The third-order valence-electron chi connectivity index (χ3n) is 10.0. The summed E-state index contributed by atoms with van der Waals surface area (Å²) in [4.78, 5) is 31.9. The molecular formula is C36H35F3N6O3. The second kappa shape index (κ2) is 12.3. The number of amides is 1. The summed E-state index contributed by atoms with van der Waals surface area (Å²) >= 11 is 0. The number of likely N-dealkylation sites (tertiary alicyclic amines) is 1. The number of terminal acetylenes is 1. The molecule has 3 aliphatic rings. The summed E-state index contributed by atoms with van der Waals surface area (Å²) in [6.07, 6.45) is 11.1. The van der Waals surface area contributed by atoms with Crippen molar-refractivity contribution in [3.05, 3.63) is 60.3 Å². The number of hydrogen-bond acceptors (Lipinski definition) is 8. The second-order valence-corrected chi connectivity index (χ2v) is 12.9. The molecule has 0 unspecified atom stereocenters. The van der Waals surface area contributed by atoms with Crippen LogP contribution in [0.5, 0.6) is 11.8 Å². The smallest absolute Gasteiger partial charge is 0.319 e. The fourth-order valence-electron chi connectivity index (χ4n) is 7.80. The Labute approximate surface area is 276 Å². The highest BCUT2D eigenvalue weighted by Gasteiger charge is 2.49. The fraction of sp³-hybridized carbons (Fsp3) is 0.389. The Morgan fingerprint density at radius 3 is 2.90 bits per heavy atom. The van der Waals surface area contributed by atoms with Gasteiger partial charge in [-0.15, -0.1) is 6.42 Å². The fourth-order valence-corrected chi connectivity index (χ4v) is 7.80. The van der Waals surface area contributed by atoms with Gasteiger partial charge in [-0.2, -0.15) is 9.97 Å². The van der Waals surface area contributed by atoms with Crippen LogP contribution in [0.2, 0.25) is 0 Å². The van der Waals surface area contributed by atoms with E-state index in [1.807, 2.05) is 4.90 Å². The highest BCUT2D eigenvalue weighted by Crippen LogP contribution is 2.41. The second-order valence-electron chi connectivity index (χ2n) is 12.9. The Balaban J connectivity index is 1.35. The normalized spacial score (nSPS) is 22.3. The van der Waals surface area contributed by atoms with Gasteiger partial charge in [0, 0.05) is 56.3 Å². The topological polar surface area (TPSA) is 94.9 Å². The summed E-state index contributed by atoms with van der Waals surface area (Å²) in [5.74, 6) is 0.822. The van der Waals surface area contributed by atoms with Gasteiger partial charge >= 0.3 is 6.01 Å². The number of phenolic OH excluding ortho intramolecular Hbond substituents is 1. The molecule has 248 valence electrons. The average molecular weight is 657 g/mol. The number of aromatic nitrogens is 3. The molecule has 1 N–H and O–H groups in total. The Morgan fingerprint density at radius 2 is 2.10 bits per heavy atom. The molecule has 3 fully saturated rings. The Bertz CT molecular complexity index is 2000. The molecule has 9 nitrogen and oxygen atoms in total. The standard InChI is InChI=1S/C36H35F3N6O3/c1-4-25-28(38)10-9-21-14-24(46)15-26(30(21)25)32-31(39)33-27(17-40-32)34(43(3)19-23-8-6-13-45(23)29(47)5-2)42-35(41-33)48-20-36-11-7-12-44(36)18-22(37)16-36/h1,5,9-10,14-15,17,22-23,46H,2,6-8,11-13,16,18-20H2,3H3/t22-,23+,36+/m1/s1. The van der Waals surface area contributed by atoms with E-state index in [4.69, 9.17) is 16.1 Å². The summed E-state index contributed by atoms with van der Waals surface area (Å²) in [6.45, 7) is 5.87. The molecule has 0 spiro atoms. The molecule has 1 amide bonds. The number of halogens is 3. The number of anilines is 1. The first kappa shape index (κ1) is 31.7. The van der Waals surface area contributed by atoms with Crippen molar-refractivity contribution in [1.82, 2.24) is 24.8 Å². The molecule has 0 radical (unpaired) electrons. The lowest BCUT2D eigenvalue weighted by Crippen LogP contribution is -2.43. The van der Waals surface area contributed by atoms with E-state index in [-0.39, 0.29) is 63.4 Å². The first-order valence-electron chi connectivity index (χ1n) is 16.1. The maximum Gasteiger partial charge on any atom is 0.319 e. The van der Waals surface area contributed by atoms with Crippen molar-refractivity contribution in [2.75, 3.05) is 44.7 Å². The minimum atomic E-state index is -0.957. The zero-order valence-electron chi connectivity index (χ0n) is 26.6. The number of fused-ring (bicyclic) bond motifs is 3. The van der Waals surface area contributed by atoms with Gasteiger partial charge in [0.1, 0.15) is 41.4 Å². The van der Waals surface area contributed by atoms with Crippen molar-refractivity contribution in [2.24, 2.45) is 0 Å². The molecule has 48 heavy (non-hydrogen) atoms. The molecule has 2 aromatic heterocycles. The Morgan fingerprint density at radius 1 is 1.27 bits per heavy atom. The number of rotatable bonds is 8. The van der Waals surface area contributed by atoms with Gasteiger partial charge in [0.25, 0.3) is 0 Å². The zero-order chi connectivity index (χ0) is 33.7. The largest absolute Gasteiger partial charge is 0.508 e.